The number of aliphatic imine (C=N–C) groups is 1. The number of nitrogens with zero attached hydrogens (tertiary/aromatic N) is 3. The second kappa shape index (κ2) is 8.70. The van der Waals surface area contributed by atoms with Gasteiger partial charge in [0.05, 0.1) is 18.3 Å². The zero-order valence-corrected chi connectivity index (χ0v) is 13.2. The van der Waals surface area contributed by atoms with E-state index in [0.29, 0.717) is 18.5 Å². The highest BCUT2D eigenvalue weighted by Gasteiger charge is 2.17. The first-order valence-corrected chi connectivity index (χ1v) is 8.37. The fourth-order valence-electron chi connectivity index (χ4n) is 2.82. The van der Waals surface area contributed by atoms with Crippen molar-refractivity contribution >= 4 is 5.96 Å². The number of hydrogen-bond acceptors (Lipinski definition) is 2. The standard InChI is InChI=1S/C16H29N5/c1-2-3-4-7-11-18-16(17)19-13-14-10-12-21(20-14)15-8-5-6-9-15/h10,12,15H,2-9,11,13H2,1H3,(H3,17,18,19). The average molecular weight is 291 g/mol. The Bertz CT molecular complexity index is 432. The lowest BCUT2D eigenvalue weighted by Crippen LogP contribution is -2.32. The van der Waals surface area contributed by atoms with Crippen molar-refractivity contribution in [2.24, 2.45) is 10.7 Å². The van der Waals surface area contributed by atoms with Gasteiger partial charge in [-0.15, -0.1) is 0 Å². The minimum atomic E-state index is 0.530. The molecule has 1 aromatic rings. The minimum Gasteiger partial charge on any atom is -0.370 e. The van der Waals surface area contributed by atoms with E-state index < -0.39 is 0 Å². The predicted octanol–water partition coefficient (Wildman–Crippen LogP) is 2.98. The molecule has 1 fully saturated rings. The molecule has 0 amide bonds. The molecule has 0 aromatic carbocycles. The number of nitrogens with one attached hydrogen (secondary N) is 1. The molecule has 2 rings (SSSR count). The fraction of sp³-hybridized carbons (Fsp3) is 0.750. The third kappa shape index (κ3) is 5.40. The molecule has 0 bridgehead atoms. The second-order valence-corrected chi connectivity index (χ2v) is 5.91. The lowest BCUT2D eigenvalue weighted by Gasteiger charge is -2.08. The highest BCUT2D eigenvalue weighted by atomic mass is 15.3. The van der Waals surface area contributed by atoms with E-state index >= 15 is 0 Å². The molecule has 0 spiro atoms. The van der Waals surface area contributed by atoms with E-state index in [9.17, 15) is 0 Å². The maximum absolute atomic E-state index is 5.87. The van der Waals surface area contributed by atoms with Gasteiger partial charge in [-0.2, -0.15) is 5.10 Å². The molecule has 0 saturated heterocycles. The minimum absolute atomic E-state index is 0.530. The third-order valence-electron chi connectivity index (χ3n) is 4.11. The molecular weight excluding hydrogens is 262 g/mol. The molecule has 0 unspecified atom stereocenters. The molecule has 0 radical (unpaired) electrons. The summed E-state index contributed by atoms with van der Waals surface area (Å²) in [4.78, 5) is 4.36. The van der Waals surface area contributed by atoms with E-state index in [2.05, 4.69) is 39.3 Å². The van der Waals surface area contributed by atoms with Gasteiger partial charge in [0.25, 0.3) is 0 Å². The van der Waals surface area contributed by atoms with Gasteiger partial charge in [0.1, 0.15) is 0 Å². The van der Waals surface area contributed by atoms with Crippen molar-refractivity contribution in [2.75, 3.05) is 6.54 Å². The molecular formula is C16H29N5. The maximum Gasteiger partial charge on any atom is 0.188 e. The van der Waals surface area contributed by atoms with Crippen LogP contribution in [0.3, 0.4) is 0 Å². The smallest absolute Gasteiger partial charge is 0.188 e. The van der Waals surface area contributed by atoms with Gasteiger partial charge in [0, 0.05) is 12.7 Å². The van der Waals surface area contributed by atoms with Gasteiger partial charge in [-0.1, -0.05) is 39.0 Å². The maximum atomic E-state index is 5.87. The average Bonchev–Trinajstić information content (AvgIpc) is 3.15. The van der Waals surface area contributed by atoms with Gasteiger partial charge in [-0.05, 0) is 25.3 Å². The Morgan fingerprint density at radius 3 is 2.95 bits per heavy atom. The van der Waals surface area contributed by atoms with E-state index in [0.717, 1.165) is 18.7 Å². The highest BCUT2D eigenvalue weighted by molar-refractivity contribution is 5.77. The van der Waals surface area contributed by atoms with E-state index in [1.54, 1.807) is 0 Å². The van der Waals surface area contributed by atoms with Crippen LogP contribution in [-0.2, 0) is 6.54 Å². The molecule has 1 aliphatic rings. The van der Waals surface area contributed by atoms with Crippen LogP contribution in [0.2, 0.25) is 0 Å². The zero-order valence-electron chi connectivity index (χ0n) is 13.2. The molecule has 0 atom stereocenters. The van der Waals surface area contributed by atoms with E-state index in [-0.39, 0.29) is 0 Å². The van der Waals surface area contributed by atoms with Gasteiger partial charge in [0.15, 0.2) is 5.96 Å². The Balaban J connectivity index is 1.70. The first-order chi connectivity index (χ1) is 10.3. The van der Waals surface area contributed by atoms with Crippen LogP contribution in [0.15, 0.2) is 17.3 Å². The molecule has 118 valence electrons. The van der Waals surface area contributed by atoms with Gasteiger partial charge >= 0.3 is 0 Å². The number of unbranched alkanes of at least 4 members (excludes halogenated alkanes) is 3. The molecule has 1 saturated carbocycles. The van der Waals surface area contributed by atoms with Crippen LogP contribution in [-0.4, -0.2) is 22.3 Å². The molecule has 1 aromatic heterocycles. The summed E-state index contributed by atoms with van der Waals surface area (Å²) in [6, 6.07) is 2.65. The molecule has 3 N–H and O–H groups in total. The van der Waals surface area contributed by atoms with Crippen LogP contribution < -0.4 is 11.1 Å². The van der Waals surface area contributed by atoms with E-state index in [1.165, 1.54) is 44.9 Å². The van der Waals surface area contributed by atoms with Gasteiger partial charge in [0.2, 0.25) is 0 Å². The van der Waals surface area contributed by atoms with Crippen molar-refractivity contribution in [2.45, 2.75) is 70.9 Å². The Labute approximate surface area is 128 Å². The Morgan fingerprint density at radius 2 is 2.19 bits per heavy atom. The summed E-state index contributed by atoms with van der Waals surface area (Å²) in [6.07, 6.45) is 12.2. The fourth-order valence-corrected chi connectivity index (χ4v) is 2.82. The number of guanidine groups is 1. The van der Waals surface area contributed by atoms with Gasteiger partial charge in [-0.3, -0.25) is 4.68 Å². The Kier molecular flexibility index (Phi) is 6.57. The van der Waals surface area contributed by atoms with Gasteiger partial charge < -0.3 is 11.1 Å². The molecule has 21 heavy (non-hydrogen) atoms. The number of nitrogens with two attached hydrogens (primary N) is 1. The normalized spacial score (nSPS) is 16.5. The van der Waals surface area contributed by atoms with Crippen molar-refractivity contribution in [1.82, 2.24) is 15.1 Å². The quantitative estimate of drug-likeness (QED) is 0.439. The summed E-state index contributed by atoms with van der Waals surface area (Å²) in [6.45, 7) is 3.69. The zero-order chi connectivity index (χ0) is 14.9. The Hall–Kier alpha value is -1.52. The molecule has 0 aliphatic heterocycles. The summed E-state index contributed by atoms with van der Waals surface area (Å²) in [5.41, 5.74) is 6.87. The van der Waals surface area contributed by atoms with Crippen LogP contribution in [0.25, 0.3) is 0 Å². The van der Waals surface area contributed by atoms with Crippen molar-refractivity contribution in [3.63, 3.8) is 0 Å². The topological polar surface area (TPSA) is 68.2 Å². The highest BCUT2D eigenvalue weighted by Crippen LogP contribution is 2.28. The summed E-state index contributed by atoms with van der Waals surface area (Å²) in [7, 11) is 0. The van der Waals surface area contributed by atoms with Crippen molar-refractivity contribution in [3.05, 3.63) is 18.0 Å². The largest absolute Gasteiger partial charge is 0.370 e. The lowest BCUT2D eigenvalue weighted by molar-refractivity contribution is 0.463. The van der Waals surface area contributed by atoms with Crippen molar-refractivity contribution in [3.8, 4) is 0 Å². The summed E-state index contributed by atoms with van der Waals surface area (Å²) in [5, 5.41) is 7.78. The molecule has 1 aliphatic carbocycles. The van der Waals surface area contributed by atoms with Gasteiger partial charge in [-0.25, -0.2) is 4.99 Å². The molecule has 5 nitrogen and oxygen atoms in total. The summed E-state index contributed by atoms with van der Waals surface area (Å²) >= 11 is 0. The number of hydrogen-bond donors (Lipinski definition) is 2. The van der Waals surface area contributed by atoms with Crippen LogP contribution in [0.4, 0.5) is 0 Å². The number of aromatic nitrogens is 2. The summed E-state index contributed by atoms with van der Waals surface area (Å²) in [5.74, 6) is 0.530. The van der Waals surface area contributed by atoms with E-state index in [1.807, 2.05) is 0 Å². The van der Waals surface area contributed by atoms with Crippen LogP contribution in [0.1, 0.15) is 70.0 Å². The Morgan fingerprint density at radius 1 is 1.38 bits per heavy atom. The third-order valence-corrected chi connectivity index (χ3v) is 4.11. The molecule has 5 heteroatoms. The second-order valence-electron chi connectivity index (χ2n) is 5.91. The lowest BCUT2D eigenvalue weighted by atomic mass is 10.2. The van der Waals surface area contributed by atoms with Crippen LogP contribution in [0, 0.1) is 0 Å². The van der Waals surface area contributed by atoms with E-state index in [4.69, 9.17) is 5.73 Å². The van der Waals surface area contributed by atoms with Crippen LogP contribution >= 0.6 is 0 Å². The first-order valence-electron chi connectivity index (χ1n) is 8.37. The first kappa shape index (κ1) is 15.9. The molecule has 1 heterocycles. The van der Waals surface area contributed by atoms with Crippen molar-refractivity contribution in [1.29, 1.82) is 0 Å². The SMILES string of the molecule is CCCCCCNC(N)=NCc1ccn(C2CCCC2)n1. The number of rotatable bonds is 8. The summed E-state index contributed by atoms with van der Waals surface area (Å²) < 4.78 is 2.10. The predicted molar refractivity (Wildman–Crippen MR) is 87.2 cm³/mol. The van der Waals surface area contributed by atoms with Crippen LogP contribution in [0.5, 0.6) is 0 Å². The monoisotopic (exact) mass is 291 g/mol. The van der Waals surface area contributed by atoms with Crippen molar-refractivity contribution < 1.29 is 0 Å².